The Hall–Kier alpha value is 0.700. The van der Waals surface area contributed by atoms with E-state index in [2.05, 4.69) is 25.3 Å². The summed E-state index contributed by atoms with van der Waals surface area (Å²) in [5.74, 6) is 1.80. The Kier molecular flexibility index (Phi) is 3.27. The van der Waals surface area contributed by atoms with E-state index >= 15 is 0 Å². The summed E-state index contributed by atoms with van der Waals surface area (Å²) in [4.78, 5) is 0. The summed E-state index contributed by atoms with van der Waals surface area (Å²) in [5, 5.41) is 0.635. The van der Waals surface area contributed by atoms with E-state index in [-0.39, 0.29) is 0 Å². The van der Waals surface area contributed by atoms with Crippen LogP contribution in [-0.2, 0) is 0 Å². The highest BCUT2D eigenvalue weighted by Crippen LogP contribution is 2.28. The molecule has 2 atom stereocenters. The van der Waals surface area contributed by atoms with Crippen LogP contribution in [0, 0.1) is 5.92 Å². The Labute approximate surface area is 68.2 Å². The average Bonchev–Trinajstić information content (AvgIpc) is 1.89. The Morgan fingerprint density at radius 1 is 1.22 bits per heavy atom. The zero-order valence-electron chi connectivity index (χ0n) is 5.58. The van der Waals surface area contributed by atoms with Crippen molar-refractivity contribution in [1.29, 1.82) is 0 Å². The van der Waals surface area contributed by atoms with Gasteiger partial charge in [-0.2, -0.15) is 25.3 Å². The van der Waals surface area contributed by atoms with Gasteiger partial charge in [0.25, 0.3) is 0 Å². The molecule has 1 aliphatic carbocycles. The quantitative estimate of drug-likeness (QED) is 0.544. The minimum absolute atomic E-state index is 0.635. The number of hydrogen-bond donors (Lipinski definition) is 2. The van der Waals surface area contributed by atoms with Gasteiger partial charge in [-0.3, -0.25) is 0 Å². The molecule has 0 aromatic rings. The molecule has 0 aromatic carbocycles. The minimum Gasteiger partial charge on any atom is -0.179 e. The summed E-state index contributed by atoms with van der Waals surface area (Å²) in [7, 11) is 0. The fourth-order valence-electron chi connectivity index (χ4n) is 1.40. The van der Waals surface area contributed by atoms with Gasteiger partial charge in [0, 0.05) is 5.25 Å². The van der Waals surface area contributed by atoms with Crippen LogP contribution < -0.4 is 0 Å². The molecule has 0 saturated heterocycles. The maximum Gasteiger partial charge on any atom is 0.00528 e. The number of rotatable bonds is 1. The highest BCUT2D eigenvalue weighted by atomic mass is 32.1. The van der Waals surface area contributed by atoms with Crippen LogP contribution in [0.3, 0.4) is 0 Å². The van der Waals surface area contributed by atoms with Gasteiger partial charge in [0.15, 0.2) is 0 Å². The van der Waals surface area contributed by atoms with Crippen LogP contribution in [0.15, 0.2) is 0 Å². The molecule has 0 spiro atoms. The molecule has 0 nitrogen and oxygen atoms in total. The van der Waals surface area contributed by atoms with Crippen LogP contribution in [-0.4, -0.2) is 11.0 Å². The third kappa shape index (κ3) is 2.08. The normalized spacial score (nSPS) is 36.7. The van der Waals surface area contributed by atoms with Crippen molar-refractivity contribution in [2.45, 2.75) is 30.9 Å². The molecule has 0 bridgehead atoms. The molecule has 0 heterocycles. The smallest absolute Gasteiger partial charge is 0.00528 e. The van der Waals surface area contributed by atoms with E-state index in [1.165, 1.54) is 25.7 Å². The monoisotopic (exact) mass is 162 g/mol. The summed E-state index contributed by atoms with van der Waals surface area (Å²) < 4.78 is 0. The van der Waals surface area contributed by atoms with E-state index < -0.39 is 0 Å². The van der Waals surface area contributed by atoms with Crippen LogP contribution in [0.1, 0.15) is 25.7 Å². The molecule has 0 amide bonds. The van der Waals surface area contributed by atoms with Crippen molar-refractivity contribution in [2.75, 3.05) is 5.75 Å². The lowest BCUT2D eigenvalue weighted by atomic mass is 9.90. The minimum atomic E-state index is 0.635. The second-order valence-electron chi connectivity index (χ2n) is 2.79. The zero-order valence-corrected chi connectivity index (χ0v) is 7.37. The topological polar surface area (TPSA) is 0 Å². The van der Waals surface area contributed by atoms with E-state index in [9.17, 15) is 0 Å². The van der Waals surface area contributed by atoms with Crippen LogP contribution in [0.4, 0.5) is 0 Å². The van der Waals surface area contributed by atoms with E-state index in [1.54, 1.807) is 0 Å². The van der Waals surface area contributed by atoms with Gasteiger partial charge in [0.05, 0.1) is 0 Å². The van der Waals surface area contributed by atoms with Crippen molar-refractivity contribution in [1.82, 2.24) is 0 Å². The summed E-state index contributed by atoms with van der Waals surface area (Å²) in [6, 6.07) is 0. The molecule has 1 aliphatic rings. The molecule has 0 radical (unpaired) electrons. The van der Waals surface area contributed by atoms with Gasteiger partial charge in [-0.1, -0.05) is 12.8 Å². The van der Waals surface area contributed by atoms with Crippen LogP contribution >= 0.6 is 25.3 Å². The highest BCUT2D eigenvalue weighted by Gasteiger charge is 2.19. The molecule has 2 heteroatoms. The number of hydrogen-bond acceptors (Lipinski definition) is 2. The van der Waals surface area contributed by atoms with Crippen LogP contribution in [0.2, 0.25) is 0 Å². The van der Waals surface area contributed by atoms with E-state index in [0.29, 0.717) is 5.25 Å². The first-order chi connectivity index (χ1) is 4.34. The summed E-state index contributed by atoms with van der Waals surface area (Å²) in [5.41, 5.74) is 0. The van der Waals surface area contributed by atoms with Crippen LogP contribution in [0.25, 0.3) is 0 Å². The van der Waals surface area contributed by atoms with Crippen molar-refractivity contribution in [3.05, 3.63) is 0 Å². The van der Waals surface area contributed by atoms with Gasteiger partial charge >= 0.3 is 0 Å². The zero-order chi connectivity index (χ0) is 6.69. The van der Waals surface area contributed by atoms with Crippen molar-refractivity contribution in [2.24, 2.45) is 5.92 Å². The van der Waals surface area contributed by atoms with E-state index in [1.807, 2.05) is 0 Å². The molecular weight excluding hydrogens is 148 g/mol. The third-order valence-electron chi connectivity index (χ3n) is 2.10. The molecule has 0 aliphatic heterocycles. The van der Waals surface area contributed by atoms with Crippen molar-refractivity contribution in [3.8, 4) is 0 Å². The average molecular weight is 162 g/mol. The molecule has 0 N–H and O–H groups in total. The fourth-order valence-corrected chi connectivity index (χ4v) is 2.44. The third-order valence-corrected chi connectivity index (χ3v) is 3.25. The lowest BCUT2D eigenvalue weighted by molar-refractivity contribution is 0.406. The second kappa shape index (κ2) is 3.77. The molecule has 0 aromatic heterocycles. The molecular formula is C7H14S2. The Bertz CT molecular complexity index is 83.0. The molecule has 1 rings (SSSR count). The number of thiol groups is 2. The maximum absolute atomic E-state index is 4.49. The first-order valence-corrected chi connectivity index (χ1v) is 4.78. The lowest BCUT2D eigenvalue weighted by Gasteiger charge is -2.26. The van der Waals surface area contributed by atoms with Crippen molar-refractivity contribution >= 4 is 25.3 Å². The summed E-state index contributed by atoms with van der Waals surface area (Å²) in [6.07, 6.45) is 5.41. The molecule has 54 valence electrons. The van der Waals surface area contributed by atoms with E-state index in [4.69, 9.17) is 0 Å². The molecule has 1 saturated carbocycles. The predicted molar refractivity (Wildman–Crippen MR) is 48.6 cm³/mol. The molecule has 1 fully saturated rings. The summed E-state index contributed by atoms with van der Waals surface area (Å²) in [6.45, 7) is 0. The van der Waals surface area contributed by atoms with Gasteiger partial charge in [0.1, 0.15) is 0 Å². The molecule has 0 unspecified atom stereocenters. The second-order valence-corrected chi connectivity index (χ2v) is 3.82. The SMILES string of the molecule is SC[C@@H]1CCCC[C@H]1S. The van der Waals surface area contributed by atoms with Gasteiger partial charge in [-0.15, -0.1) is 0 Å². The Morgan fingerprint density at radius 2 is 1.89 bits per heavy atom. The standard InChI is InChI=1S/C7H14S2/c8-5-6-3-1-2-4-7(6)9/h6-9H,1-5H2/t6-,7+/m0/s1. The predicted octanol–water partition coefficient (Wildman–Crippen LogP) is 2.40. The first kappa shape index (κ1) is 7.80. The maximum atomic E-state index is 4.49. The highest BCUT2D eigenvalue weighted by molar-refractivity contribution is 7.81. The van der Waals surface area contributed by atoms with Crippen molar-refractivity contribution in [3.63, 3.8) is 0 Å². The van der Waals surface area contributed by atoms with E-state index in [0.717, 1.165) is 11.7 Å². The Morgan fingerprint density at radius 3 is 2.33 bits per heavy atom. The lowest BCUT2D eigenvalue weighted by Crippen LogP contribution is -2.20. The van der Waals surface area contributed by atoms with Crippen molar-refractivity contribution < 1.29 is 0 Å². The first-order valence-electron chi connectivity index (χ1n) is 3.63. The van der Waals surface area contributed by atoms with Gasteiger partial charge in [-0.05, 0) is 24.5 Å². The molecule has 9 heavy (non-hydrogen) atoms. The fraction of sp³-hybridized carbons (Fsp3) is 1.00. The van der Waals surface area contributed by atoms with Gasteiger partial charge in [0.2, 0.25) is 0 Å². The summed E-state index contributed by atoms with van der Waals surface area (Å²) >= 11 is 8.76. The largest absolute Gasteiger partial charge is 0.179 e. The van der Waals surface area contributed by atoms with Gasteiger partial charge < -0.3 is 0 Å². The van der Waals surface area contributed by atoms with Crippen LogP contribution in [0.5, 0.6) is 0 Å². The Balaban J connectivity index is 2.30. The van der Waals surface area contributed by atoms with Gasteiger partial charge in [-0.25, -0.2) is 0 Å².